The van der Waals surface area contributed by atoms with Crippen LogP contribution in [0.5, 0.6) is 0 Å². The second kappa shape index (κ2) is 2.67. The van der Waals surface area contributed by atoms with Crippen LogP contribution >= 0.6 is 0 Å². The van der Waals surface area contributed by atoms with Crippen LogP contribution in [-0.4, -0.2) is 23.8 Å². The Hall–Kier alpha value is -0.0800. The number of β-amino-alcohol motifs (C(OH)–C–C–N with tert-alkyl or cyclic N) is 1. The Balaban J connectivity index is 2.30. The molecule has 1 aliphatic heterocycles. The minimum absolute atomic E-state index is 0.0996. The van der Waals surface area contributed by atoms with Crippen molar-refractivity contribution in [3.8, 4) is 0 Å². The molecule has 0 aromatic heterocycles. The van der Waals surface area contributed by atoms with E-state index in [-0.39, 0.29) is 6.10 Å². The fourth-order valence-corrected chi connectivity index (χ4v) is 1.26. The Morgan fingerprint density at radius 3 is 2.44 bits per heavy atom. The highest BCUT2D eigenvalue weighted by Gasteiger charge is 2.23. The van der Waals surface area contributed by atoms with Gasteiger partial charge in [0.1, 0.15) is 0 Å². The van der Waals surface area contributed by atoms with Gasteiger partial charge in [-0.25, -0.2) is 0 Å². The van der Waals surface area contributed by atoms with Gasteiger partial charge in [0, 0.05) is 12.6 Å². The van der Waals surface area contributed by atoms with Gasteiger partial charge < -0.3 is 10.4 Å². The van der Waals surface area contributed by atoms with E-state index in [0.717, 1.165) is 13.0 Å². The van der Waals surface area contributed by atoms with Gasteiger partial charge in [-0.05, 0) is 12.3 Å². The van der Waals surface area contributed by atoms with Gasteiger partial charge in [-0.2, -0.15) is 0 Å². The molecule has 9 heavy (non-hydrogen) atoms. The number of aliphatic hydroxyl groups excluding tert-OH is 1. The van der Waals surface area contributed by atoms with Crippen molar-refractivity contribution in [3.05, 3.63) is 0 Å². The Morgan fingerprint density at radius 1 is 1.56 bits per heavy atom. The number of nitrogens with one attached hydrogen (secondary N) is 1. The summed E-state index contributed by atoms with van der Waals surface area (Å²) in [6, 6.07) is 0.542. The van der Waals surface area contributed by atoms with E-state index in [1.165, 1.54) is 0 Å². The average molecular weight is 129 g/mol. The van der Waals surface area contributed by atoms with Crippen molar-refractivity contribution in [3.63, 3.8) is 0 Å². The predicted octanol–water partition coefficient (Wildman–Crippen LogP) is 0.365. The summed E-state index contributed by atoms with van der Waals surface area (Å²) in [5.74, 6) is 0.655. The lowest BCUT2D eigenvalue weighted by atomic mass is 10.0. The highest BCUT2D eigenvalue weighted by atomic mass is 16.3. The molecule has 0 saturated carbocycles. The van der Waals surface area contributed by atoms with E-state index in [0.29, 0.717) is 12.0 Å². The molecule has 2 heteroatoms. The fraction of sp³-hybridized carbons (Fsp3) is 1.00. The Bertz CT molecular complexity index is 92.9. The molecule has 54 valence electrons. The van der Waals surface area contributed by atoms with Gasteiger partial charge in [-0.15, -0.1) is 0 Å². The van der Waals surface area contributed by atoms with Crippen molar-refractivity contribution in [1.29, 1.82) is 0 Å². The van der Waals surface area contributed by atoms with Crippen molar-refractivity contribution in [1.82, 2.24) is 5.32 Å². The molecule has 2 N–H and O–H groups in total. The third-order valence-electron chi connectivity index (χ3n) is 1.95. The van der Waals surface area contributed by atoms with Crippen molar-refractivity contribution < 1.29 is 5.11 Å². The van der Waals surface area contributed by atoms with Crippen LogP contribution in [0.4, 0.5) is 0 Å². The Morgan fingerprint density at radius 2 is 2.22 bits per heavy atom. The molecule has 1 aliphatic rings. The molecule has 2 nitrogen and oxygen atoms in total. The maximum Gasteiger partial charge on any atom is 0.0679 e. The van der Waals surface area contributed by atoms with Gasteiger partial charge in [0.2, 0.25) is 0 Å². The zero-order chi connectivity index (χ0) is 6.85. The molecule has 0 aliphatic carbocycles. The van der Waals surface area contributed by atoms with Crippen LogP contribution in [0.15, 0.2) is 0 Å². The molecule has 0 spiro atoms. The van der Waals surface area contributed by atoms with Crippen LogP contribution in [-0.2, 0) is 0 Å². The van der Waals surface area contributed by atoms with Crippen LogP contribution in [0.2, 0.25) is 0 Å². The molecule has 0 aromatic rings. The number of hydrogen-bond donors (Lipinski definition) is 2. The van der Waals surface area contributed by atoms with E-state index in [4.69, 9.17) is 5.11 Å². The van der Waals surface area contributed by atoms with Crippen molar-refractivity contribution >= 4 is 0 Å². The Labute approximate surface area is 56.3 Å². The molecule has 1 heterocycles. The fourth-order valence-electron chi connectivity index (χ4n) is 1.26. The first kappa shape index (κ1) is 7.03. The van der Waals surface area contributed by atoms with Gasteiger partial charge in [0.15, 0.2) is 0 Å². The molecule has 0 amide bonds. The first-order valence-electron chi connectivity index (χ1n) is 3.61. The molecule has 0 aromatic carbocycles. The number of rotatable bonds is 1. The van der Waals surface area contributed by atoms with E-state index < -0.39 is 0 Å². The van der Waals surface area contributed by atoms with Crippen molar-refractivity contribution in [2.24, 2.45) is 5.92 Å². The molecular formula is C7H15NO. The zero-order valence-electron chi connectivity index (χ0n) is 6.09. The van der Waals surface area contributed by atoms with E-state index in [9.17, 15) is 0 Å². The van der Waals surface area contributed by atoms with Crippen LogP contribution in [0.3, 0.4) is 0 Å². The van der Waals surface area contributed by atoms with E-state index in [1.807, 2.05) is 0 Å². The summed E-state index contributed by atoms with van der Waals surface area (Å²) in [4.78, 5) is 0. The summed E-state index contributed by atoms with van der Waals surface area (Å²) >= 11 is 0. The summed E-state index contributed by atoms with van der Waals surface area (Å²) in [7, 11) is 0. The minimum Gasteiger partial charge on any atom is -0.392 e. The number of hydrogen-bond acceptors (Lipinski definition) is 2. The summed E-state index contributed by atoms with van der Waals surface area (Å²) in [6.07, 6.45) is 0.829. The Kier molecular flexibility index (Phi) is 2.09. The zero-order valence-corrected chi connectivity index (χ0v) is 6.09. The first-order valence-corrected chi connectivity index (χ1v) is 3.61. The molecule has 1 rings (SSSR count). The summed E-state index contributed by atoms with van der Waals surface area (Å²) in [6.45, 7) is 5.13. The molecule has 1 fully saturated rings. The summed E-state index contributed by atoms with van der Waals surface area (Å²) < 4.78 is 0. The lowest BCUT2D eigenvalue weighted by Crippen LogP contribution is -2.26. The average Bonchev–Trinajstić information content (AvgIpc) is 2.14. The van der Waals surface area contributed by atoms with Crippen LogP contribution in [0.25, 0.3) is 0 Å². The van der Waals surface area contributed by atoms with Crippen LogP contribution in [0, 0.1) is 5.92 Å². The largest absolute Gasteiger partial charge is 0.392 e. The third kappa shape index (κ3) is 1.66. The molecule has 1 saturated heterocycles. The van der Waals surface area contributed by atoms with Gasteiger partial charge in [0.25, 0.3) is 0 Å². The third-order valence-corrected chi connectivity index (χ3v) is 1.95. The smallest absolute Gasteiger partial charge is 0.0679 e. The standard InChI is InChI=1S/C7H15NO/c1-5(2)7-3-6(9)4-8-7/h5-9H,3-4H2,1-2H3/t6-,7?/m1/s1. The highest BCUT2D eigenvalue weighted by Crippen LogP contribution is 2.13. The normalized spacial score (nSPS) is 36.0. The second-order valence-corrected chi connectivity index (χ2v) is 3.15. The summed E-state index contributed by atoms with van der Waals surface area (Å²) in [5.41, 5.74) is 0. The van der Waals surface area contributed by atoms with Gasteiger partial charge >= 0.3 is 0 Å². The maximum absolute atomic E-state index is 9.09. The highest BCUT2D eigenvalue weighted by molar-refractivity contribution is 4.82. The second-order valence-electron chi connectivity index (χ2n) is 3.15. The van der Waals surface area contributed by atoms with Crippen molar-refractivity contribution in [2.45, 2.75) is 32.4 Å². The van der Waals surface area contributed by atoms with E-state index in [2.05, 4.69) is 19.2 Å². The lowest BCUT2D eigenvalue weighted by molar-refractivity contribution is 0.190. The lowest BCUT2D eigenvalue weighted by Gasteiger charge is -2.12. The first-order chi connectivity index (χ1) is 4.20. The van der Waals surface area contributed by atoms with Crippen LogP contribution in [0.1, 0.15) is 20.3 Å². The molecular weight excluding hydrogens is 114 g/mol. The van der Waals surface area contributed by atoms with Gasteiger partial charge in [-0.1, -0.05) is 13.8 Å². The number of aliphatic hydroxyl groups is 1. The SMILES string of the molecule is CC(C)C1C[C@@H](O)CN1. The quantitative estimate of drug-likeness (QED) is 0.536. The molecule has 2 atom stereocenters. The van der Waals surface area contributed by atoms with E-state index >= 15 is 0 Å². The predicted molar refractivity (Wildman–Crippen MR) is 37.3 cm³/mol. The monoisotopic (exact) mass is 129 g/mol. The minimum atomic E-state index is -0.0996. The van der Waals surface area contributed by atoms with E-state index in [1.54, 1.807) is 0 Å². The molecule has 0 bridgehead atoms. The van der Waals surface area contributed by atoms with Crippen molar-refractivity contribution in [2.75, 3.05) is 6.54 Å². The van der Waals surface area contributed by atoms with Gasteiger partial charge in [0.05, 0.1) is 6.10 Å². The molecule has 0 radical (unpaired) electrons. The maximum atomic E-state index is 9.09. The summed E-state index contributed by atoms with van der Waals surface area (Å²) in [5, 5.41) is 12.3. The van der Waals surface area contributed by atoms with Gasteiger partial charge in [-0.3, -0.25) is 0 Å². The molecule has 1 unspecified atom stereocenters. The topological polar surface area (TPSA) is 32.3 Å². The van der Waals surface area contributed by atoms with Crippen LogP contribution < -0.4 is 5.32 Å².